The number of benzene rings is 2. The van der Waals surface area contributed by atoms with Gasteiger partial charge in [0.1, 0.15) is 5.75 Å². The molecule has 0 aliphatic carbocycles. The third-order valence-electron chi connectivity index (χ3n) is 3.54. The lowest BCUT2D eigenvalue weighted by atomic mass is 10.1. The summed E-state index contributed by atoms with van der Waals surface area (Å²) in [5.41, 5.74) is 4.51. The van der Waals surface area contributed by atoms with E-state index in [4.69, 9.17) is 21.3 Å². The number of aromatic nitrogens is 1. The first-order valence-electron chi connectivity index (χ1n) is 6.99. The van der Waals surface area contributed by atoms with Crippen LogP contribution < -0.4 is 4.74 Å². The number of hydrogen-bond acceptors (Lipinski definition) is 3. The maximum Gasteiger partial charge on any atom is 0.118 e. The molecule has 3 aromatic rings. The van der Waals surface area contributed by atoms with E-state index in [0.717, 1.165) is 33.5 Å². The molecule has 0 amide bonds. The van der Waals surface area contributed by atoms with Crippen molar-refractivity contribution in [3.05, 3.63) is 69.0 Å². The van der Waals surface area contributed by atoms with E-state index in [2.05, 4.69) is 24.4 Å². The quantitative estimate of drug-likeness (QED) is 0.641. The molecule has 0 radical (unpaired) electrons. The number of thiazole rings is 1. The number of aryl methyl sites for hydroxylation is 1. The zero-order valence-corrected chi connectivity index (χ0v) is 14.0. The van der Waals surface area contributed by atoms with Gasteiger partial charge < -0.3 is 4.74 Å². The number of halogens is 1. The summed E-state index contributed by atoms with van der Waals surface area (Å²) >= 11 is 7.77. The van der Waals surface area contributed by atoms with E-state index in [1.54, 1.807) is 18.4 Å². The summed E-state index contributed by atoms with van der Waals surface area (Å²) in [6.07, 6.45) is 0.828. The highest BCUT2D eigenvalue weighted by molar-refractivity contribution is 7.10. The van der Waals surface area contributed by atoms with Crippen molar-refractivity contribution in [1.29, 1.82) is 0 Å². The van der Waals surface area contributed by atoms with Crippen molar-refractivity contribution in [3.8, 4) is 17.0 Å². The van der Waals surface area contributed by atoms with Gasteiger partial charge in [-0.1, -0.05) is 29.8 Å². The lowest BCUT2D eigenvalue weighted by Gasteiger charge is -2.03. The second kappa shape index (κ2) is 6.51. The molecule has 0 N–H and O–H groups in total. The molecule has 2 nitrogen and oxygen atoms in total. The van der Waals surface area contributed by atoms with Crippen LogP contribution in [-0.2, 0) is 6.42 Å². The molecule has 0 spiro atoms. The van der Waals surface area contributed by atoms with Gasteiger partial charge in [0.2, 0.25) is 0 Å². The molecule has 0 saturated carbocycles. The fourth-order valence-electron chi connectivity index (χ4n) is 2.30. The van der Waals surface area contributed by atoms with Gasteiger partial charge in [-0.25, -0.2) is 4.98 Å². The van der Waals surface area contributed by atoms with Crippen LogP contribution in [0.15, 0.2) is 47.8 Å². The van der Waals surface area contributed by atoms with Gasteiger partial charge in [0.15, 0.2) is 0 Å². The maximum atomic E-state index is 6.10. The van der Waals surface area contributed by atoms with Gasteiger partial charge >= 0.3 is 0 Å². The van der Waals surface area contributed by atoms with Gasteiger partial charge in [-0.2, -0.15) is 0 Å². The van der Waals surface area contributed by atoms with Crippen LogP contribution in [0.25, 0.3) is 11.3 Å². The summed E-state index contributed by atoms with van der Waals surface area (Å²) in [7, 11) is 1.68. The Balaban J connectivity index is 1.82. The molecular weight excluding hydrogens is 314 g/mol. The van der Waals surface area contributed by atoms with Crippen LogP contribution in [0, 0.1) is 6.92 Å². The topological polar surface area (TPSA) is 22.1 Å². The fraction of sp³-hybridized carbons (Fsp3) is 0.167. The summed E-state index contributed by atoms with van der Waals surface area (Å²) in [5.74, 6) is 0.873. The van der Waals surface area contributed by atoms with Crippen molar-refractivity contribution in [3.63, 3.8) is 0 Å². The summed E-state index contributed by atoms with van der Waals surface area (Å²) in [6, 6.07) is 14.0. The predicted molar refractivity (Wildman–Crippen MR) is 93.1 cm³/mol. The Morgan fingerprint density at radius 3 is 2.64 bits per heavy atom. The van der Waals surface area contributed by atoms with Crippen molar-refractivity contribution in [1.82, 2.24) is 4.98 Å². The van der Waals surface area contributed by atoms with Crippen LogP contribution >= 0.6 is 22.9 Å². The second-order valence-corrected chi connectivity index (χ2v) is 6.49. The van der Waals surface area contributed by atoms with Gasteiger partial charge in [-0.15, -0.1) is 11.3 Å². The lowest BCUT2D eigenvalue weighted by molar-refractivity contribution is 0.414. The van der Waals surface area contributed by atoms with Crippen molar-refractivity contribution in [2.45, 2.75) is 13.3 Å². The van der Waals surface area contributed by atoms with E-state index >= 15 is 0 Å². The molecule has 1 heterocycles. The zero-order valence-electron chi connectivity index (χ0n) is 12.5. The minimum Gasteiger partial charge on any atom is -0.497 e. The molecule has 4 heteroatoms. The van der Waals surface area contributed by atoms with Crippen molar-refractivity contribution >= 4 is 22.9 Å². The van der Waals surface area contributed by atoms with E-state index in [0.29, 0.717) is 0 Å². The Hall–Kier alpha value is -1.84. The van der Waals surface area contributed by atoms with Crippen LogP contribution in [0.1, 0.15) is 16.1 Å². The number of ether oxygens (including phenoxy) is 1. The van der Waals surface area contributed by atoms with E-state index < -0.39 is 0 Å². The van der Waals surface area contributed by atoms with Crippen molar-refractivity contribution < 1.29 is 4.74 Å². The predicted octanol–water partition coefficient (Wildman–Crippen LogP) is 5.37. The molecule has 22 heavy (non-hydrogen) atoms. The number of hydrogen-bond donors (Lipinski definition) is 0. The van der Waals surface area contributed by atoms with Gasteiger partial charge in [-0.3, -0.25) is 0 Å². The van der Waals surface area contributed by atoms with Crippen LogP contribution in [0.4, 0.5) is 0 Å². The normalized spacial score (nSPS) is 10.7. The molecule has 0 bridgehead atoms. The fourth-order valence-corrected chi connectivity index (χ4v) is 3.30. The van der Waals surface area contributed by atoms with Gasteiger partial charge in [0, 0.05) is 22.4 Å². The largest absolute Gasteiger partial charge is 0.497 e. The van der Waals surface area contributed by atoms with E-state index in [1.807, 2.05) is 30.3 Å². The molecule has 0 atom stereocenters. The zero-order chi connectivity index (χ0) is 15.5. The number of rotatable bonds is 4. The third kappa shape index (κ3) is 3.32. The average molecular weight is 330 g/mol. The second-order valence-electron chi connectivity index (χ2n) is 5.11. The standard InChI is InChI=1S/C18H16ClNOS/c1-12-3-6-14(19)10-16(12)17-11-22-18(20-17)9-13-4-7-15(21-2)8-5-13/h3-8,10-11H,9H2,1-2H3. The number of methoxy groups -OCH3 is 1. The van der Waals surface area contributed by atoms with Gasteiger partial charge in [0.25, 0.3) is 0 Å². The minimum atomic E-state index is 0.741. The summed E-state index contributed by atoms with van der Waals surface area (Å²) in [5, 5.41) is 3.93. The minimum absolute atomic E-state index is 0.741. The van der Waals surface area contributed by atoms with Gasteiger partial charge in [0.05, 0.1) is 17.8 Å². The Morgan fingerprint density at radius 1 is 1.14 bits per heavy atom. The molecule has 0 fully saturated rings. The maximum absolute atomic E-state index is 6.10. The van der Waals surface area contributed by atoms with E-state index in [9.17, 15) is 0 Å². The van der Waals surface area contributed by atoms with Crippen LogP contribution in [0.3, 0.4) is 0 Å². The third-order valence-corrected chi connectivity index (χ3v) is 4.63. The van der Waals surface area contributed by atoms with Crippen LogP contribution in [-0.4, -0.2) is 12.1 Å². The Bertz CT molecular complexity index is 780. The van der Waals surface area contributed by atoms with Gasteiger partial charge in [-0.05, 0) is 42.3 Å². The molecule has 1 aromatic heterocycles. The molecule has 0 saturated heterocycles. The van der Waals surface area contributed by atoms with E-state index in [-0.39, 0.29) is 0 Å². The highest BCUT2D eigenvalue weighted by Gasteiger charge is 2.08. The Labute approximate surface area is 139 Å². The first-order valence-corrected chi connectivity index (χ1v) is 8.25. The van der Waals surface area contributed by atoms with Crippen LogP contribution in [0.2, 0.25) is 5.02 Å². The summed E-state index contributed by atoms with van der Waals surface area (Å²) in [6.45, 7) is 2.08. The van der Waals surface area contributed by atoms with Crippen molar-refractivity contribution in [2.75, 3.05) is 7.11 Å². The monoisotopic (exact) mass is 329 g/mol. The molecule has 3 rings (SSSR count). The van der Waals surface area contributed by atoms with E-state index in [1.165, 1.54) is 11.1 Å². The highest BCUT2D eigenvalue weighted by atomic mass is 35.5. The SMILES string of the molecule is COc1ccc(Cc2nc(-c3cc(Cl)ccc3C)cs2)cc1. The van der Waals surface area contributed by atoms with Crippen molar-refractivity contribution in [2.24, 2.45) is 0 Å². The Morgan fingerprint density at radius 2 is 1.91 bits per heavy atom. The number of nitrogens with zero attached hydrogens (tertiary/aromatic N) is 1. The summed E-state index contributed by atoms with van der Waals surface area (Å²) < 4.78 is 5.18. The molecule has 0 aliphatic heterocycles. The first kappa shape index (κ1) is 15.1. The first-order chi connectivity index (χ1) is 10.7. The molecule has 0 aliphatic rings. The smallest absolute Gasteiger partial charge is 0.118 e. The average Bonchev–Trinajstić information content (AvgIpc) is 2.99. The molecule has 112 valence electrons. The highest BCUT2D eigenvalue weighted by Crippen LogP contribution is 2.28. The summed E-state index contributed by atoms with van der Waals surface area (Å²) in [4.78, 5) is 4.75. The lowest BCUT2D eigenvalue weighted by Crippen LogP contribution is -1.89. The Kier molecular flexibility index (Phi) is 4.46. The molecule has 2 aromatic carbocycles. The molecule has 0 unspecified atom stereocenters. The van der Waals surface area contributed by atoms with Crippen LogP contribution in [0.5, 0.6) is 5.75 Å². The molecular formula is C18H16ClNOS.